The number of carbonyl (C=O) groups excluding carboxylic acids is 3. The minimum atomic E-state index is -1.27. The number of hydrogen-bond donors (Lipinski definition) is 9. The van der Waals surface area contributed by atoms with Gasteiger partial charge in [0.05, 0.1) is 12.4 Å². The SMILES string of the molecule is CCC(C)C(NC(=O)C(N)CS)C(=O)NC(CCCN=C(N)N)C(=O)NC(Cc1cnc[nH]1)C(=O)O. The number of carboxylic acid groups (broad SMARTS) is 1. The van der Waals surface area contributed by atoms with Crippen LogP contribution in [0.4, 0.5) is 0 Å². The normalized spacial score (nSPS) is 15.0. The van der Waals surface area contributed by atoms with Crippen LogP contribution in [0.3, 0.4) is 0 Å². The predicted octanol–water partition coefficient (Wildman–Crippen LogP) is -2.15. The third-order valence-corrected chi connectivity index (χ3v) is 5.89. The molecule has 1 heterocycles. The van der Waals surface area contributed by atoms with E-state index in [4.69, 9.17) is 17.2 Å². The van der Waals surface area contributed by atoms with Gasteiger partial charge < -0.3 is 43.2 Å². The molecule has 3 amide bonds. The summed E-state index contributed by atoms with van der Waals surface area (Å²) in [6.45, 7) is 3.82. The van der Waals surface area contributed by atoms with Gasteiger partial charge in [-0.25, -0.2) is 9.78 Å². The van der Waals surface area contributed by atoms with E-state index in [-0.39, 0.29) is 37.0 Å². The van der Waals surface area contributed by atoms with E-state index in [0.29, 0.717) is 18.5 Å². The first-order chi connectivity index (χ1) is 17.0. The number of nitrogens with one attached hydrogen (secondary N) is 4. The molecule has 0 bridgehead atoms. The molecule has 0 aromatic carbocycles. The number of H-pyrrole nitrogens is 1. The fraction of sp³-hybridized carbons (Fsp3) is 0.619. The van der Waals surface area contributed by atoms with Gasteiger partial charge in [-0.05, 0) is 18.8 Å². The average Bonchev–Trinajstić information content (AvgIpc) is 3.35. The third-order valence-electron chi connectivity index (χ3n) is 5.50. The average molecular weight is 528 g/mol. The summed E-state index contributed by atoms with van der Waals surface area (Å²) < 4.78 is 0. The zero-order valence-corrected chi connectivity index (χ0v) is 21.3. The largest absolute Gasteiger partial charge is 0.480 e. The number of aliphatic imine (C=N–C) groups is 1. The fourth-order valence-corrected chi connectivity index (χ4v) is 3.33. The second-order valence-electron chi connectivity index (χ2n) is 8.35. The van der Waals surface area contributed by atoms with Crippen LogP contribution in [-0.2, 0) is 25.6 Å². The Kier molecular flexibility index (Phi) is 13.3. The zero-order chi connectivity index (χ0) is 27.3. The van der Waals surface area contributed by atoms with E-state index >= 15 is 0 Å². The molecular formula is C21H37N9O5S. The molecule has 0 aliphatic carbocycles. The van der Waals surface area contributed by atoms with Crippen molar-refractivity contribution in [2.45, 2.75) is 63.7 Å². The maximum absolute atomic E-state index is 13.2. The number of nitrogens with two attached hydrogens (primary N) is 3. The Labute approximate surface area is 215 Å². The number of rotatable bonds is 16. The lowest BCUT2D eigenvalue weighted by Crippen LogP contribution is -2.59. The van der Waals surface area contributed by atoms with Gasteiger partial charge in [-0.15, -0.1) is 0 Å². The first-order valence-electron chi connectivity index (χ1n) is 11.5. The summed E-state index contributed by atoms with van der Waals surface area (Å²) in [7, 11) is 0. The van der Waals surface area contributed by atoms with Crippen molar-refractivity contribution in [2.24, 2.45) is 28.1 Å². The van der Waals surface area contributed by atoms with Gasteiger partial charge in [0.1, 0.15) is 18.1 Å². The van der Waals surface area contributed by atoms with Crippen molar-refractivity contribution in [3.63, 3.8) is 0 Å². The number of hydrogen-bond acceptors (Lipinski definition) is 8. The van der Waals surface area contributed by atoms with Crippen molar-refractivity contribution in [1.29, 1.82) is 0 Å². The lowest BCUT2D eigenvalue weighted by atomic mass is 9.97. The van der Waals surface area contributed by atoms with Gasteiger partial charge in [-0.3, -0.25) is 19.4 Å². The molecule has 14 nitrogen and oxygen atoms in total. The van der Waals surface area contributed by atoms with Crippen LogP contribution in [0.1, 0.15) is 38.8 Å². The van der Waals surface area contributed by atoms with E-state index in [1.807, 2.05) is 6.92 Å². The highest BCUT2D eigenvalue weighted by Crippen LogP contribution is 2.10. The molecule has 0 aliphatic heterocycles. The molecule has 0 aliphatic rings. The van der Waals surface area contributed by atoms with E-state index in [9.17, 15) is 24.3 Å². The Hall–Kier alpha value is -3.33. The van der Waals surface area contributed by atoms with E-state index in [2.05, 4.69) is 43.5 Å². The second kappa shape index (κ2) is 15.6. The first-order valence-corrected chi connectivity index (χ1v) is 12.2. The molecule has 5 atom stereocenters. The Morgan fingerprint density at radius 3 is 2.33 bits per heavy atom. The van der Waals surface area contributed by atoms with Crippen molar-refractivity contribution < 1.29 is 24.3 Å². The highest BCUT2D eigenvalue weighted by Gasteiger charge is 2.32. The van der Waals surface area contributed by atoms with Crippen molar-refractivity contribution in [3.8, 4) is 0 Å². The molecule has 11 N–H and O–H groups in total. The van der Waals surface area contributed by atoms with Gasteiger partial charge in [-0.2, -0.15) is 12.6 Å². The summed E-state index contributed by atoms with van der Waals surface area (Å²) in [5.74, 6) is -3.43. The van der Waals surface area contributed by atoms with Gasteiger partial charge >= 0.3 is 5.97 Å². The van der Waals surface area contributed by atoms with Crippen LogP contribution >= 0.6 is 12.6 Å². The van der Waals surface area contributed by atoms with E-state index in [1.54, 1.807) is 6.92 Å². The van der Waals surface area contributed by atoms with Crippen molar-refractivity contribution in [1.82, 2.24) is 25.9 Å². The molecule has 1 aromatic heterocycles. The number of thiol groups is 1. The highest BCUT2D eigenvalue weighted by molar-refractivity contribution is 7.80. The van der Waals surface area contributed by atoms with Gasteiger partial charge in [0, 0.05) is 30.6 Å². The number of imidazole rings is 1. The molecule has 0 saturated heterocycles. The molecular weight excluding hydrogens is 490 g/mol. The van der Waals surface area contributed by atoms with Gasteiger partial charge in [-0.1, -0.05) is 20.3 Å². The number of aliphatic carboxylic acids is 1. The number of nitrogens with zero attached hydrogens (tertiary/aromatic N) is 2. The topological polar surface area (TPSA) is 244 Å². The molecule has 1 aromatic rings. The maximum atomic E-state index is 13.2. The summed E-state index contributed by atoms with van der Waals surface area (Å²) in [6.07, 6.45) is 3.79. The van der Waals surface area contributed by atoms with Crippen molar-refractivity contribution in [3.05, 3.63) is 18.2 Å². The van der Waals surface area contributed by atoms with Crippen LogP contribution in [-0.4, -0.2) is 81.2 Å². The van der Waals surface area contributed by atoms with E-state index in [1.165, 1.54) is 12.5 Å². The van der Waals surface area contributed by atoms with Crippen LogP contribution < -0.4 is 33.2 Å². The standard InChI is InChI=1S/C21H37N9O5S/c1-3-11(2)16(30-17(31)13(22)9-36)19(33)28-14(5-4-6-26-21(23)24)18(32)29-15(20(34)35)7-12-8-25-10-27-12/h8,10-11,13-16,36H,3-7,9,22H2,1-2H3,(H,25,27)(H,28,33)(H,29,32)(H,30,31)(H,34,35)(H4,23,24,26). The summed E-state index contributed by atoms with van der Waals surface area (Å²) >= 11 is 4.01. The van der Waals surface area contributed by atoms with Gasteiger partial charge in [0.25, 0.3) is 0 Å². The number of carboxylic acids is 1. The summed E-state index contributed by atoms with van der Waals surface area (Å²) in [6, 6.07) is -4.27. The molecule has 36 heavy (non-hydrogen) atoms. The molecule has 0 spiro atoms. The first kappa shape index (κ1) is 30.7. The molecule has 5 unspecified atom stereocenters. The molecule has 0 fully saturated rings. The summed E-state index contributed by atoms with van der Waals surface area (Å²) in [5, 5.41) is 17.3. The second-order valence-corrected chi connectivity index (χ2v) is 8.72. The van der Waals surface area contributed by atoms with Gasteiger partial charge in [0.2, 0.25) is 17.7 Å². The predicted molar refractivity (Wildman–Crippen MR) is 137 cm³/mol. The van der Waals surface area contributed by atoms with Gasteiger partial charge in [0.15, 0.2) is 5.96 Å². The minimum absolute atomic E-state index is 0.0388. The number of aromatic amines is 1. The molecule has 15 heteroatoms. The van der Waals surface area contributed by atoms with E-state index < -0.39 is 47.9 Å². The Morgan fingerprint density at radius 1 is 1.14 bits per heavy atom. The van der Waals surface area contributed by atoms with Crippen molar-refractivity contribution in [2.75, 3.05) is 12.3 Å². The fourth-order valence-electron chi connectivity index (χ4n) is 3.17. The summed E-state index contributed by atoms with van der Waals surface area (Å²) in [5.41, 5.74) is 16.9. The number of amides is 3. The molecule has 1 rings (SSSR count). The van der Waals surface area contributed by atoms with Crippen LogP contribution in [0.5, 0.6) is 0 Å². The Balaban J connectivity index is 3.05. The molecule has 202 valence electrons. The van der Waals surface area contributed by atoms with Crippen LogP contribution in [0.25, 0.3) is 0 Å². The van der Waals surface area contributed by atoms with Crippen LogP contribution in [0, 0.1) is 5.92 Å². The number of carbonyl (C=O) groups is 4. The minimum Gasteiger partial charge on any atom is -0.480 e. The maximum Gasteiger partial charge on any atom is 0.326 e. The smallest absolute Gasteiger partial charge is 0.326 e. The van der Waals surface area contributed by atoms with Crippen LogP contribution in [0.15, 0.2) is 17.5 Å². The van der Waals surface area contributed by atoms with Crippen LogP contribution in [0.2, 0.25) is 0 Å². The highest BCUT2D eigenvalue weighted by atomic mass is 32.1. The molecule has 0 saturated carbocycles. The summed E-state index contributed by atoms with van der Waals surface area (Å²) in [4.78, 5) is 60.8. The lowest BCUT2D eigenvalue weighted by Gasteiger charge is -2.27. The molecule has 0 radical (unpaired) electrons. The number of guanidine groups is 1. The Morgan fingerprint density at radius 2 is 1.81 bits per heavy atom. The van der Waals surface area contributed by atoms with Crippen molar-refractivity contribution >= 4 is 42.3 Å². The lowest BCUT2D eigenvalue weighted by molar-refractivity contribution is -0.142. The zero-order valence-electron chi connectivity index (χ0n) is 20.4. The Bertz CT molecular complexity index is 892. The third kappa shape index (κ3) is 10.5. The van der Waals surface area contributed by atoms with E-state index in [0.717, 1.165) is 0 Å². The quantitative estimate of drug-likeness (QED) is 0.0491. The number of aromatic nitrogens is 2. The monoisotopic (exact) mass is 527 g/mol.